The third-order valence-corrected chi connectivity index (χ3v) is 6.89. The number of sulfonamides is 1. The number of likely N-dealkylation sites (tertiary alicyclic amines) is 1. The molecule has 1 aliphatic rings. The number of hydrogen-bond donors (Lipinski definition) is 2. The number of amides is 1. The van der Waals surface area contributed by atoms with Gasteiger partial charge in [-0.15, -0.1) is 0 Å². The van der Waals surface area contributed by atoms with Gasteiger partial charge in [-0.1, -0.05) is 6.07 Å². The minimum Gasteiger partial charge on any atom is -0.360 e. The van der Waals surface area contributed by atoms with E-state index in [0.717, 1.165) is 30.4 Å². The van der Waals surface area contributed by atoms with Crippen molar-refractivity contribution >= 4 is 32.5 Å². The molecule has 0 aliphatic carbocycles. The van der Waals surface area contributed by atoms with E-state index in [9.17, 15) is 18.0 Å². The maximum Gasteiger partial charge on any atom is 0.261 e. The van der Waals surface area contributed by atoms with E-state index in [0.29, 0.717) is 24.3 Å². The van der Waals surface area contributed by atoms with Gasteiger partial charge in [-0.05, 0) is 74.6 Å². The van der Waals surface area contributed by atoms with E-state index in [-0.39, 0.29) is 21.8 Å². The number of carbonyl (C=O) groups is 1. The number of anilines is 1. The summed E-state index contributed by atoms with van der Waals surface area (Å²) in [6.07, 6.45) is 4.34. The van der Waals surface area contributed by atoms with Crippen molar-refractivity contribution in [1.29, 1.82) is 0 Å². The first-order chi connectivity index (χ1) is 14.7. The standard InChI is InChI=1S/C23H25N3O4S/c1-15-10-16(2)12-17(11-15)25-31(29,30)18-6-7-21-19(13-18)22(27)20(14-24-21)23(28)26-8-4-3-5-9-26/h6-7,10-14,25H,3-5,8-9H2,1-2H3,(H,24,27). The lowest BCUT2D eigenvalue weighted by Crippen LogP contribution is -2.38. The van der Waals surface area contributed by atoms with E-state index in [1.54, 1.807) is 23.1 Å². The second kappa shape index (κ2) is 8.19. The van der Waals surface area contributed by atoms with Crippen LogP contribution in [0.2, 0.25) is 0 Å². The van der Waals surface area contributed by atoms with Crippen LogP contribution >= 0.6 is 0 Å². The fraction of sp³-hybridized carbons (Fsp3) is 0.304. The zero-order valence-corrected chi connectivity index (χ0v) is 18.4. The quantitative estimate of drug-likeness (QED) is 0.649. The van der Waals surface area contributed by atoms with Gasteiger partial charge in [-0.2, -0.15) is 0 Å². The van der Waals surface area contributed by atoms with Gasteiger partial charge >= 0.3 is 0 Å². The van der Waals surface area contributed by atoms with Crippen molar-refractivity contribution in [3.63, 3.8) is 0 Å². The second-order valence-corrected chi connectivity index (χ2v) is 9.76. The molecule has 3 aromatic rings. The number of aryl methyl sites for hydroxylation is 2. The number of nitrogens with one attached hydrogen (secondary N) is 2. The van der Waals surface area contributed by atoms with E-state index in [4.69, 9.17) is 0 Å². The number of carbonyl (C=O) groups excluding carboxylic acids is 1. The summed E-state index contributed by atoms with van der Waals surface area (Å²) in [6.45, 7) is 5.04. The summed E-state index contributed by atoms with van der Waals surface area (Å²) >= 11 is 0. The average molecular weight is 440 g/mol. The zero-order valence-electron chi connectivity index (χ0n) is 17.6. The van der Waals surface area contributed by atoms with E-state index < -0.39 is 15.5 Å². The summed E-state index contributed by atoms with van der Waals surface area (Å²) in [5.41, 5.74) is 2.38. The van der Waals surface area contributed by atoms with Crippen molar-refractivity contribution in [2.24, 2.45) is 0 Å². The smallest absolute Gasteiger partial charge is 0.261 e. The molecule has 0 spiro atoms. The second-order valence-electron chi connectivity index (χ2n) is 8.07. The molecular formula is C23H25N3O4S. The third kappa shape index (κ3) is 4.34. The molecule has 4 rings (SSSR count). The Hall–Kier alpha value is -3.13. The van der Waals surface area contributed by atoms with Gasteiger partial charge in [0.2, 0.25) is 5.43 Å². The SMILES string of the molecule is Cc1cc(C)cc(NS(=O)(=O)c2ccc3[nH]cc(C(=O)N4CCCCC4)c(=O)c3c2)c1. The van der Waals surface area contributed by atoms with Crippen molar-refractivity contribution in [1.82, 2.24) is 9.88 Å². The number of nitrogens with zero attached hydrogens (tertiary/aromatic N) is 1. The van der Waals surface area contributed by atoms with E-state index >= 15 is 0 Å². The highest BCUT2D eigenvalue weighted by atomic mass is 32.2. The van der Waals surface area contributed by atoms with Crippen LogP contribution in [0.1, 0.15) is 40.7 Å². The first-order valence-corrected chi connectivity index (χ1v) is 11.8. The van der Waals surface area contributed by atoms with Crippen LogP contribution in [0, 0.1) is 13.8 Å². The third-order valence-electron chi connectivity index (χ3n) is 5.51. The Kier molecular flexibility index (Phi) is 5.58. The number of hydrogen-bond acceptors (Lipinski definition) is 4. The number of aromatic nitrogens is 1. The van der Waals surface area contributed by atoms with Gasteiger partial charge in [0, 0.05) is 35.9 Å². The molecule has 0 saturated carbocycles. The molecule has 1 aromatic heterocycles. The van der Waals surface area contributed by atoms with Crippen molar-refractivity contribution in [3.8, 4) is 0 Å². The minimum atomic E-state index is -3.91. The molecule has 0 radical (unpaired) electrons. The maximum atomic E-state index is 13.1. The van der Waals surface area contributed by atoms with Crippen molar-refractivity contribution in [2.45, 2.75) is 38.0 Å². The van der Waals surface area contributed by atoms with Crippen LogP contribution < -0.4 is 10.2 Å². The van der Waals surface area contributed by atoms with Gasteiger partial charge in [-0.3, -0.25) is 14.3 Å². The van der Waals surface area contributed by atoms with Crippen LogP contribution in [-0.2, 0) is 10.0 Å². The van der Waals surface area contributed by atoms with Crippen molar-refractivity contribution in [3.05, 3.63) is 69.5 Å². The molecule has 2 N–H and O–H groups in total. The predicted octanol–water partition coefficient (Wildman–Crippen LogP) is 3.57. The number of piperidine rings is 1. The molecule has 1 amide bonds. The van der Waals surface area contributed by atoms with Crippen LogP contribution in [0.15, 0.2) is 52.3 Å². The highest BCUT2D eigenvalue weighted by Gasteiger charge is 2.22. The summed E-state index contributed by atoms with van der Waals surface area (Å²) < 4.78 is 28.5. The Morgan fingerprint density at radius 1 is 1.00 bits per heavy atom. The fourth-order valence-corrected chi connectivity index (χ4v) is 5.10. The van der Waals surface area contributed by atoms with Gasteiger partial charge in [0.1, 0.15) is 5.56 Å². The largest absolute Gasteiger partial charge is 0.360 e. The molecule has 7 nitrogen and oxygen atoms in total. The van der Waals surface area contributed by atoms with E-state index in [1.165, 1.54) is 18.3 Å². The molecule has 0 atom stereocenters. The topological polar surface area (TPSA) is 99.3 Å². The highest BCUT2D eigenvalue weighted by molar-refractivity contribution is 7.92. The summed E-state index contributed by atoms with van der Waals surface area (Å²) in [7, 11) is -3.91. The lowest BCUT2D eigenvalue weighted by molar-refractivity contribution is 0.0723. The first kappa shape index (κ1) is 21.1. The van der Waals surface area contributed by atoms with Crippen LogP contribution in [0.25, 0.3) is 10.9 Å². The summed E-state index contributed by atoms with van der Waals surface area (Å²) in [5.74, 6) is -0.315. The Bertz CT molecular complexity index is 1300. The van der Waals surface area contributed by atoms with E-state index in [2.05, 4.69) is 9.71 Å². The maximum absolute atomic E-state index is 13.1. The molecule has 2 aromatic carbocycles. The molecular weight excluding hydrogens is 414 g/mol. The Morgan fingerprint density at radius 3 is 2.35 bits per heavy atom. The number of benzene rings is 2. The number of fused-ring (bicyclic) bond motifs is 1. The molecule has 1 saturated heterocycles. The Balaban J connectivity index is 1.71. The van der Waals surface area contributed by atoms with Crippen LogP contribution in [0.5, 0.6) is 0 Å². The molecule has 8 heteroatoms. The summed E-state index contributed by atoms with van der Waals surface area (Å²) in [6, 6.07) is 9.75. The van der Waals surface area contributed by atoms with Crippen LogP contribution in [0.4, 0.5) is 5.69 Å². The fourth-order valence-electron chi connectivity index (χ4n) is 4.04. The molecule has 2 heterocycles. The van der Waals surface area contributed by atoms with Gasteiger partial charge < -0.3 is 9.88 Å². The van der Waals surface area contributed by atoms with Gasteiger partial charge in [0.05, 0.1) is 4.90 Å². The summed E-state index contributed by atoms with van der Waals surface area (Å²) in [5, 5.41) is 0.172. The highest BCUT2D eigenvalue weighted by Crippen LogP contribution is 2.21. The number of aromatic amines is 1. The van der Waals surface area contributed by atoms with E-state index in [1.807, 2.05) is 19.9 Å². The monoisotopic (exact) mass is 439 g/mol. The molecule has 1 fully saturated rings. The van der Waals surface area contributed by atoms with Gasteiger partial charge in [0.15, 0.2) is 0 Å². The normalized spacial score (nSPS) is 14.6. The Morgan fingerprint density at radius 2 is 1.68 bits per heavy atom. The Labute approximate surface area is 181 Å². The molecule has 31 heavy (non-hydrogen) atoms. The van der Waals surface area contributed by atoms with Crippen molar-refractivity contribution in [2.75, 3.05) is 17.8 Å². The van der Waals surface area contributed by atoms with Crippen molar-refractivity contribution < 1.29 is 13.2 Å². The van der Waals surface area contributed by atoms with Crippen LogP contribution in [0.3, 0.4) is 0 Å². The molecule has 0 bridgehead atoms. The number of pyridine rings is 1. The molecule has 1 aliphatic heterocycles. The zero-order chi connectivity index (χ0) is 22.2. The minimum absolute atomic E-state index is 0.0335. The first-order valence-electron chi connectivity index (χ1n) is 10.3. The molecule has 162 valence electrons. The number of rotatable bonds is 4. The lowest BCUT2D eigenvalue weighted by atomic mass is 10.1. The number of H-pyrrole nitrogens is 1. The predicted molar refractivity (Wildman–Crippen MR) is 121 cm³/mol. The van der Waals surface area contributed by atoms with Crippen LogP contribution in [-0.4, -0.2) is 37.3 Å². The lowest BCUT2D eigenvalue weighted by Gasteiger charge is -2.26. The summed E-state index contributed by atoms with van der Waals surface area (Å²) in [4.78, 5) is 30.5. The molecule has 0 unspecified atom stereocenters. The average Bonchev–Trinajstić information content (AvgIpc) is 2.73. The van der Waals surface area contributed by atoms with Gasteiger partial charge in [-0.25, -0.2) is 8.42 Å². The van der Waals surface area contributed by atoms with Gasteiger partial charge in [0.25, 0.3) is 15.9 Å².